The Labute approximate surface area is 104 Å². The SMILES string of the molecule is CCCCOCCN1CNC2(CCCC2)C1=O. The van der Waals surface area contributed by atoms with E-state index in [9.17, 15) is 4.79 Å². The first kappa shape index (κ1) is 12.8. The highest BCUT2D eigenvalue weighted by atomic mass is 16.5. The molecule has 0 atom stereocenters. The molecule has 1 aliphatic heterocycles. The van der Waals surface area contributed by atoms with Crippen LogP contribution in [-0.2, 0) is 9.53 Å². The number of rotatable bonds is 6. The smallest absolute Gasteiger partial charge is 0.244 e. The molecule has 1 spiro atoms. The predicted molar refractivity (Wildman–Crippen MR) is 66.6 cm³/mol. The van der Waals surface area contributed by atoms with Gasteiger partial charge in [-0.25, -0.2) is 0 Å². The van der Waals surface area contributed by atoms with Crippen LogP contribution in [0, 0.1) is 0 Å². The van der Waals surface area contributed by atoms with Gasteiger partial charge in [0.25, 0.3) is 0 Å². The lowest BCUT2D eigenvalue weighted by atomic mass is 9.98. The molecule has 2 rings (SSSR count). The van der Waals surface area contributed by atoms with Gasteiger partial charge in [0.15, 0.2) is 0 Å². The van der Waals surface area contributed by atoms with E-state index in [2.05, 4.69) is 12.2 Å². The van der Waals surface area contributed by atoms with Crippen molar-refractivity contribution in [1.29, 1.82) is 0 Å². The molecule has 4 nitrogen and oxygen atoms in total. The van der Waals surface area contributed by atoms with Gasteiger partial charge in [-0.15, -0.1) is 0 Å². The summed E-state index contributed by atoms with van der Waals surface area (Å²) in [5.74, 6) is 0.300. The Hall–Kier alpha value is -0.610. The number of carbonyl (C=O) groups is 1. The summed E-state index contributed by atoms with van der Waals surface area (Å²) in [6, 6.07) is 0. The highest BCUT2D eigenvalue weighted by Crippen LogP contribution is 2.34. The van der Waals surface area contributed by atoms with Crippen molar-refractivity contribution in [1.82, 2.24) is 10.2 Å². The van der Waals surface area contributed by atoms with Crippen LogP contribution in [0.15, 0.2) is 0 Å². The molecule has 2 aliphatic rings. The Morgan fingerprint density at radius 1 is 1.35 bits per heavy atom. The molecule has 98 valence electrons. The van der Waals surface area contributed by atoms with Gasteiger partial charge in [-0.1, -0.05) is 26.2 Å². The van der Waals surface area contributed by atoms with Crippen LogP contribution in [0.3, 0.4) is 0 Å². The van der Waals surface area contributed by atoms with E-state index in [1.54, 1.807) is 0 Å². The Kier molecular flexibility index (Phi) is 4.40. The standard InChI is InChI=1S/C13H24N2O2/c1-2-3-9-17-10-8-15-11-14-13(12(15)16)6-4-5-7-13/h14H,2-11H2,1H3. The number of ether oxygens (including phenoxy) is 1. The molecule has 1 aliphatic carbocycles. The Bertz CT molecular complexity index is 262. The molecule has 0 unspecified atom stereocenters. The molecule has 1 amide bonds. The molecule has 0 aromatic rings. The van der Waals surface area contributed by atoms with E-state index in [-0.39, 0.29) is 5.54 Å². The van der Waals surface area contributed by atoms with Crippen molar-refractivity contribution in [3.63, 3.8) is 0 Å². The van der Waals surface area contributed by atoms with Crippen molar-refractivity contribution in [3.05, 3.63) is 0 Å². The zero-order valence-corrected chi connectivity index (χ0v) is 10.8. The Morgan fingerprint density at radius 3 is 2.82 bits per heavy atom. The van der Waals surface area contributed by atoms with Crippen molar-refractivity contribution < 1.29 is 9.53 Å². The van der Waals surface area contributed by atoms with Gasteiger partial charge in [0, 0.05) is 13.2 Å². The van der Waals surface area contributed by atoms with Crippen LogP contribution in [0.5, 0.6) is 0 Å². The normalized spacial score (nSPS) is 22.9. The highest BCUT2D eigenvalue weighted by molar-refractivity contribution is 5.88. The van der Waals surface area contributed by atoms with Crippen molar-refractivity contribution in [2.45, 2.75) is 51.0 Å². The van der Waals surface area contributed by atoms with Crippen molar-refractivity contribution in [3.8, 4) is 0 Å². The van der Waals surface area contributed by atoms with Gasteiger partial charge in [-0.3, -0.25) is 10.1 Å². The van der Waals surface area contributed by atoms with Gasteiger partial charge in [-0.2, -0.15) is 0 Å². The lowest BCUT2D eigenvalue weighted by Crippen LogP contribution is -2.44. The second-order valence-corrected chi connectivity index (χ2v) is 5.16. The summed E-state index contributed by atoms with van der Waals surface area (Å²) in [5, 5.41) is 3.40. The number of amides is 1. The average molecular weight is 240 g/mol. The molecular weight excluding hydrogens is 216 g/mol. The summed E-state index contributed by atoms with van der Waals surface area (Å²) < 4.78 is 5.51. The minimum absolute atomic E-state index is 0.205. The molecule has 0 bridgehead atoms. The molecule has 0 aromatic carbocycles. The fourth-order valence-electron chi connectivity index (χ4n) is 2.77. The lowest BCUT2D eigenvalue weighted by molar-refractivity contribution is -0.132. The summed E-state index contributed by atoms with van der Waals surface area (Å²) in [6.07, 6.45) is 6.65. The zero-order valence-electron chi connectivity index (χ0n) is 10.8. The van der Waals surface area contributed by atoms with Crippen LogP contribution in [0.2, 0.25) is 0 Å². The molecule has 0 radical (unpaired) electrons. The summed E-state index contributed by atoms with van der Waals surface area (Å²) in [4.78, 5) is 14.2. The second-order valence-electron chi connectivity index (χ2n) is 5.16. The third kappa shape index (κ3) is 2.80. The first-order valence-corrected chi connectivity index (χ1v) is 6.91. The van der Waals surface area contributed by atoms with Crippen LogP contribution < -0.4 is 5.32 Å². The Balaban J connectivity index is 1.71. The number of unbranched alkanes of at least 4 members (excludes halogenated alkanes) is 1. The quantitative estimate of drug-likeness (QED) is 0.715. The van der Waals surface area contributed by atoms with E-state index < -0.39 is 0 Å². The van der Waals surface area contributed by atoms with Crippen LogP contribution in [0.25, 0.3) is 0 Å². The number of nitrogens with one attached hydrogen (secondary N) is 1. The maximum Gasteiger partial charge on any atom is 0.244 e. The summed E-state index contributed by atoms with van der Waals surface area (Å²) in [5.41, 5.74) is -0.205. The van der Waals surface area contributed by atoms with Crippen molar-refractivity contribution >= 4 is 5.91 Å². The molecule has 4 heteroatoms. The second kappa shape index (κ2) is 5.83. The van der Waals surface area contributed by atoms with Gasteiger partial charge in [0.1, 0.15) is 0 Å². The summed E-state index contributed by atoms with van der Waals surface area (Å²) in [6.45, 7) is 5.08. The topological polar surface area (TPSA) is 41.6 Å². The third-order valence-electron chi connectivity index (χ3n) is 3.91. The minimum Gasteiger partial charge on any atom is -0.380 e. The average Bonchev–Trinajstić information content (AvgIpc) is 2.92. The van der Waals surface area contributed by atoms with E-state index in [0.29, 0.717) is 19.2 Å². The van der Waals surface area contributed by atoms with E-state index in [4.69, 9.17) is 4.74 Å². The van der Waals surface area contributed by atoms with Gasteiger partial charge in [-0.05, 0) is 19.3 Å². The molecular formula is C13H24N2O2. The van der Waals surface area contributed by atoms with Gasteiger partial charge in [0.2, 0.25) is 5.91 Å². The number of hydrogen-bond donors (Lipinski definition) is 1. The maximum atomic E-state index is 12.3. The van der Waals surface area contributed by atoms with E-state index in [1.165, 1.54) is 12.8 Å². The van der Waals surface area contributed by atoms with E-state index in [1.807, 2.05) is 4.90 Å². The van der Waals surface area contributed by atoms with E-state index >= 15 is 0 Å². The van der Waals surface area contributed by atoms with Gasteiger partial charge in [0.05, 0.1) is 18.8 Å². The van der Waals surface area contributed by atoms with Crippen LogP contribution in [0.1, 0.15) is 45.4 Å². The van der Waals surface area contributed by atoms with Crippen LogP contribution in [0.4, 0.5) is 0 Å². The first-order valence-electron chi connectivity index (χ1n) is 6.91. The molecule has 0 aromatic heterocycles. The minimum atomic E-state index is -0.205. The molecule has 1 saturated heterocycles. The van der Waals surface area contributed by atoms with Gasteiger partial charge >= 0.3 is 0 Å². The largest absolute Gasteiger partial charge is 0.380 e. The molecule has 17 heavy (non-hydrogen) atoms. The van der Waals surface area contributed by atoms with Crippen LogP contribution >= 0.6 is 0 Å². The third-order valence-corrected chi connectivity index (χ3v) is 3.91. The van der Waals surface area contributed by atoms with Crippen molar-refractivity contribution in [2.75, 3.05) is 26.4 Å². The fraction of sp³-hybridized carbons (Fsp3) is 0.923. The maximum absolute atomic E-state index is 12.3. The number of nitrogens with zero attached hydrogens (tertiary/aromatic N) is 1. The van der Waals surface area contributed by atoms with Crippen molar-refractivity contribution in [2.24, 2.45) is 0 Å². The number of carbonyl (C=O) groups excluding carboxylic acids is 1. The fourth-order valence-corrected chi connectivity index (χ4v) is 2.77. The molecule has 1 saturated carbocycles. The monoisotopic (exact) mass is 240 g/mol. The summed E-state index contributed by atoms with van der Waals surface area (Å²) >= 11 is 0. The molecule has 1 heterocycles. The van der Waals surface area contributed by atoms with E-state index in [0.717, 1.165) is 38.8 Å². The van der Waals surface area contributed by atoms with Crippen LogP contribution in [-0.4, -0.2) is 42.8 Å². The lowest BCUT2D eigenvalue weighted by Gasteiger charge is -2.21. The molecule has 2 fully saturated rings. The zero-order chi connectivity index (χ0) is 12.1. The summed E-state index contributed by atoms with van der Waals surface area (Å²) in [7, 11) is 0. The Morgan fingerprint density at radius 2 is 2.12 bits per heavy atom. The highest BCUT2D eigenvalue weighted by Gasteiger charge is 2.47. The van der Waals surface area contributed by atoms with Gasteiger partial charge < -0.3 is 9.64 Å². The number of hydrogen-bond acceptors (Lipinski definition) is 3. The first-order chi connectivity index (χ1) is 8.28. The predicted octanol–water partition coefficient (Wildman–Crippen LogP) is 1.51. The molecule has 1 N–H and O–H groups in total.